The predicted molar refractivity (Wildman–Crippen MR) is 93.6 cm³/mol. The highest BCUT2D eigenvalue weighted by atomic mass is 32.1. The molecule has 0 aromatic heterocycles. The number of aryl methyl sites for hydroxylation is 1. The molecule has 0 saturated heterocycles. The molecule has 5 heteroatoms. The van der Waals surface area contributed by atoms with Crippen LogP contribution in [0.4, 0.5) is 0 Å². The second-order valence-electron chi connectivity index (χ2n) is 5.83. The van der Waals surface area contributed by atoms with Crippen LogP contribution in [0, 0.1) is 0 Å². The van der Waals surface area contributed by atoms with Crippen molar-refractivity contribution < 1.29 is 4.79 Å². The molecule has 22 heavy (non-hydrogen) atoms. The maximum Gasteiger partial charge on any atom is 0.269 e. The van der Waals surface area contributed by atoms with Gasteiger partial charge in [0.1, 0.15) is 0 Å². The van der Waals surface area contributed by atoms with Crippen LogP contribution < -0.4 is 16.2 Å². The topological polar surface area (TPSA) is 53.2 Å². The molecule has 1 aliphatic rings. The van der Waals surface area contributed by atoms with Crippen LogP contribution in [0.2, 0.25) is 0 Å². The van der Waals surface area contributed by atoms with Crippen molar-refractivity contribution in [2.24, 2.45) is 0 Å². The fraction of sp³-hybridized carbons (Fsp3) is 0.529. The zero-order valence-corrected chi connectivity index (χ0v) is 14.0. The summed E-state index contributed by atoms with van der Waals surface area (Å²) in [6.45, 7) is 2.18. The summed E-state index contributed by atoms with van der Waals surface area (Å²) in [7, 11) is 0. The monoisotopic (exact) mass is 319 g/mol. The van der Waals surface area contributed by atoms with Gasteiger partial charge in [0.15, 0.2) is 5.11 Å². The molecule has 0 spiro atoms. The van der Waals surface area contributed by atoms with Crippen molar-refractivity contribution in [1.82, 2.24) is 16.2 Å². The second-order valence-corrected chi connectivity index (χ2v) is 6.24. The van der Waals surface area contributed by atoms with E-state index in [1.807, 2.05) is 24.3 Å². The molecule has 1 fully saturated rings. The zero-order valence-electron chi connectivity index (χ0n) is 13.2. The zero-order chi connectivity index (χ0) is 15.8. The molecular weight excluding hydrogens is 294 g/mol. The molecule has 1 aliphatic carbocycles. The first-order valence-electron chi connectivity index (χ1n) is 8.15. The summed E-state index contributed by atoms with van der Waals surface area (Å²) in [4.78, 5) is 12.1. The Morgan fingerprint density at radius 1 is 1.18 bits per heavy atom. The van der Waals surface area contributed by atoms with E-state index in [4.69, 9.17) is 12.2 Å². The molecule has 2 rings (SSSR count). The number of amides is 1. The molecule has 0 atom stereocenters. The summed E-state index contributed by atoms with van der Waals surface area (Å²) in [5, 5.41) is 3.71. The van der Waals surface area contributed by atoms with Crippen LogP contribution in [0.15, 0.2) is 24.3 Å². The number of carbonyl (C=O) groups excluding carboxylic acids is 1. The molecule has 0 radical (unpaired) electrons. The van der Waals surface area contributed by atoms with E-state index < -0.39 is 0 Å². The van der Waals surface area contributed by atoms with Gasteiger partial charge in [-0.1, -0.05) is 38.3 Å². The minimum atomic E-state index is -0.169. The highest BCUT2D eigenvalue weighted by Gasteiger charge is 2.15. The molecule has 120 valence electrons. The Hall–Kier alpha value is -1.62. The van der Waals surface area contributed by atoms with Crippen LogP contribution >= 0.6 is 12.2 Å². The Labute approximate surface area is 138 Å². The molecule has 0 heterocycles. The number of nitrogens with one attached hydrogen (secondary N) is 3. The predicted octanol–water partition coefficient (Wildman–Crippen LogP) is 3.08. The highest BCUT2D eigenvalue weighted by Crippen LogP contribution is 2.17. The molecule has 4 nitrogen and oxygen atoms in total. The third-order valence-electron chi connectivity index (χ3n) is 4.02. The first-order valence-corrected chi connectivity index (χ1v) is 8.55. The molecule has 1 amide bonds. The van der Waals surface area contributed by atoms with Gasteiger partial charge in [-0.3, -0.25) is 15.6 Å². The van der Waals surface area contributed by atoms with Crippen LogP contribution in [0.5, 0.6) is 0 Å². The highest BCUT2D eigenvalue weighted by molar-refractivity contribution is 7.80. The van der Waals surface area contributed by atoms with Crippen LogP contribution in [0.3, 0.4) is 0 Å². The van der Waals surface area contributed by atoms with Crippen LogP contribution in [-0.2, 0) is 6.42 Å². The van der Waals surface area contributed by atoms with E-state index in [0.29, 0.717) is 16.7 Å². The lowest BCUT2D eigenvalue weighted by atomic mass is 10.1. The molecule has 1 aromatic carbocycles. The average Bonchev–Trinajstić information content (AvgIpc) is 3.04. The van der Waals surface area contributed by atoms with E-state index in [1.54, 1.807) is 0 Å². The van der Waals surface area contributed by atoms with E-state index in [-0.39, 0.29) is 5.91 Å². The van der Waals surface area contributed by atoms with Crippen molar-refractivity contribution in [2.45, 2.75) is 57.9 Å². The van der Waals surface area contributed by atoms with Gasteiger partial charge in [0, 0.05) is 11.6 Å². The molecule has 0 aliphatic heterocycles. The molecule has 0 bridgehead atoms. The first kappa shape index (κ1) is 16.7. The summed E-state index contributed by atoms with van der Waals surface area (Å²) in [6, 6.07) is 8.18. The summed E-state index contributed by atoms with van der Waals surface area (Å²) < 4.78 is 0. The Kier molecular flexibility index (Phi) is 6.65. The van der Waals surface area contributed by atoms with Gasteiger partial charge in [-0.25, -0.2) is 0 Å². The van der Waals surface area contributed by atoms with Crippen LogP contribution in [0.1, 0.15) is 61.4 Å². The SMILES string of the molecule is CCCCc1ccc(C(=O)NNC(=S)NC2CCCC2)cc1. The number of benzene rings is 1. The third kappa shape index (κ3) is 5.30. The van der Waals surface area contributed by atoms with Crippen molar-refractivity contribution in [1.29, 1.82) is 0 Å². The number of carbonyl (C=O) groups is 1. The van der Waals surface area contributed by atoms with Crippen LogP contribution in [0.25, 0.3) is 0 Å². The lowest BCUT2D eigenvalue weighted by Crippen LogP contribution is -2.49. The van der Waals surface area contributed by atoms with Gasteiger partial charge >= 0.3 is 0 Å². The van der Waals surface area contributed by atoms with Gasteiger partial charge in [-0.2, -0.15) is 0 Å². The van der Waals surface area contributed by atoms with Crippen molar-refractivity contribution in [3.63, 3.8) is 0 Å². The molecule has 3 N–H and O–H groups in total. The normalized spacial score (nSPS) is 14.6. The standard InChI is InChI=1S/C17H25N3OS/c1-2-3-6-13-9-11-14(12-10-13)16(21)19-20-17(22)18-15-7-4-5-8-15/h9-12,15H,2-8H2,1H3,(H,19,21)(H2,18,20,22). The molecule has 1 saturated carbocycles. The largest absolute Gasteiger partial charge is 0.359 e. The van der Waals surface area contributed by atoms with E-state index in [1.165, 1.54) is 31.2 Å². The van der Waals surface area contributed by atoms with Crippen molar-refractivity contribution in [3.8, 4) is 0 Å². The van der Waals surface area contributed by atoms with E-state index in [0.717, 1.165) is 19.3 Å². The second kappa shape index (κ2) is 8.73. The van der Waals surface area contributed by atoms with E-state index in [9.17, 15) is 4.79 Å². The summed E-state index contributed by atoms with van der Waals surface area (Å²) in [5.41, 5.74) is 7.32. The van der Waals surface area contributed by atoms with E-state index in [2.05, 4.69) is 23.1 Å². The maximum atomic E-state index is 12.1. The summed E-state index contributed by atoms with van der Waals surface area (Å²) >= 11 is 5.19. The minimum absolute atomic E-state index is 0.169. The number of rotatable bonds is 5. The minimum Gasteiger partial charge on any atom is -0.359 e. The Bertz CT molecular complexity index is 495. The van der Waals surface area contributed by atoms with Crippen molar-refractivity contribution in [2.75, 3.05) is 0 Å². The Morgan fingerprint density at radius 2 is 1.86 bits per heavy atom. The number of hydrogen-bond acceptors (Lipinski definition) is 2. The number of hydrogen-bond donors (Lipinski definition) is 3. The number of thiocarbonyl (C=S) groups is 1. The maximum absolute atomic E-state index is 12.1. The molecule has 1 aromatic rings. The fourth-order valence-electron chi connectivity index (χ4n) is 2.68. The van der Waals surface area contributed by atoms with Gasteiger partial charge in [0.2, 0.25) is 0 Å². The van der Waals surface area contributed by atoms with E-state index >= 15 is 0 Å². The number of hydrazine groups is 1. The lowest BCUT2D eigenvalue weighted by molar-refractivity contribution is 0.0943. The van der Waals surface area contributed by atoms with Gasteiger partial charge in [0.05, 0.1) is 0 Å². The molecular formula is C17H25N3OS. The third-order valence-corrected chi connectivity index (χ3v) is 4.23. The van der Waals surface area contributed by atoms with Gasteiger partial charge in [-0.15, -0.1) is 0 Å². The average molecular weight is 319 g/mol. The fourth-order valence-corrected chi connectivity index (χ4v) is 2.90. The van der Waals surface area contributed by atoms with Gasteiger partial charge < -0.3 is 5.32 Å². The van der Waals surface area contributed by atoms with Crippen molar-refractivity contribution >= 4 is 23.2 Å². The Balaban J connectivity index is 1.75. The summed E-state index contributed by atoms with van der Waals surface area (Å²) in [6.07, 6.45) is 8.20. The Morgan fingerprint density at radius 3 is 2.50 bits per heavy atom. The van der Waals surface area contributed by atoms with Crippen molar-refractivity contribution in [3.05, 3.63) is 35.4 Å². The van der Waals surface area contributed by atoms with Crippen LogP contribution in [-0.4, -0.2) is 17.1 Å². The quantitative estimate of drug-likeness (QED) is 0.577. The van der Waals surface area contributed by atoms with Gasteiger partial charge in [0.25, 0.3) is 5.91 Å². The van der Waals surface area contributed by atoms with Gasteiger partial charge in [-0.05, 0) is 55.6 Å². The lowest BCUT2D eigenvalue weighted by Gasteiger charge is -2.16. The number of unbranched alkanes of at least 4 members (excludes halogenated alkanes) is 1. The molecule has 0 unspecified atom stereocenters. The smallest absolute Gasteiger partial charge is 0.269 e. The summed E-state index contributed by atoms with van der Waals surface area (Å²) in [5.74, 6) is -0.169. The first-order chi connectivity index (χ1) is 10.7.